The van der Waals surface area contributed by atoms with E-state index >= 15 is 0 Å². The van der Waals surface area contributed by atoms with Gasteiger partial charge in [-0.05, 0) is 12.1 Å². The molecule has 0 heterocycles. The molecule has 3 nitrogen and oxygen atoms in total. The number of hydrogen-bond donors (Lipinski definition) is 1. The number of benzene rings is 1. The molecule has 0 saturated carbocycles. The molecule has 0 saturated heterocycles. The van der Waals surface area contributed by atoms with Gasteiger partial charge in [-0.1, -0.05) is 18.2 Å². The molecule has 1 aromatic rings. The van der Waals surface area contributed by atoms with Crippen LogP contribution in [0.5, 0.6) is 5.75 Å². The Bertz CT molecular complexity index is 227. The summed E-state index contributed by atoms with van der Waals surface area (Å²) in [5.74, 6) is 0.425. The van der Waals surface area contributed by atoms with Crippen molar-refractivity contribution in [3.63, 3.8) is 0 Å². The van der Waals surface area contributed by atoms with Crippen LogP contribution in [0, 0.1) is 0 Å². The Morgan fingerprint density at radius 3 is 2.27 bits per heavy atom. The first-order valence-electron chi connectivity index (χ1n) is 2.75. The molecule has 5 heteroatoms. The second-order valence-corrected chi connectivity index (χ2v) is 2.42. The van der Waals surface area contributed by atoms with Gasteiger partial charge in [0.25, 0.3) is 0 Å². The van der Waals surface area contributed by atoms with E-state index in [4.69, 9.17) is 4.89 Å². The number of hydrogen-bond acceptors (Lipinski definition) is 2. The topological polar surface area (TPSA) is 46.5 Å². The Kier molecular flexibility index (Phi) is 5.26. The van der Waals surface area contributed by atoms with E-state index in [1.165, 1.54) is 0 Å². The van der Waals surface area contributed by atoms with Crippen LogP contribution in [0.2, 0.25) is 0 Å². The summed E-state index contributed by atoms with van der Waals surface area (Å²) < 4.78 is 14.6. The fraction of sp³-hybridized carbons (Fsp3) is 0. The average molecular weight is 214 g/mol. The monoisotopic (exact) mass is 214 g/mol. The SMILES string of the molecule is O=[PH](O)Oc1ccccc1.[Fe]. The van der Waals surface area contributed by atoms with Crippen molar-refractivity contribution in [1.82, 2.24) is 0 Å². The van der Waals surface area contributed by atoms with Crippen molar-refractivity contribution in [3.8, 4) is 5.75 Å². The standard InChI is InChI=1S/C6H7O3P.Fe/c7-10(8)9-6-4-2-1-3-5-6;/h1-5,10H,(H,7,8);. The number of para-hydroxylation sites is 1. The maximum atomic E-state index is 10.1. The Morgan fingerprint density at radius 1 is 1.27 bits per heavy atom. The average Bonchev–Trinajstić information content (AvgIpc) is 1.88. The second-order valence-electron chi connectivity index (χ2n) is 1.68. The molecule has 0 aliphatic heterocycles. The van der Waals surface area contributed by atoms with Gasteiger partial charge in [-0.3, -0.25) is 0 Å². The molecule has 1 rings (SSSR count). The van der Waals surface area contributed by atoms with E-state index in [0.29, 0.717) is 5.75 Å². The Hall–Kier alpha value is -0.271. The molecule has 62 valence electrons. The predicted molar refractivity (Wildman–Crippen MR) is 38.3 cm³/mol. The van der Waals surface area contributed by atoms with Crippen LogP contribution in [0.3, 0.4) is 0 Å². The maximum absolute atomic E-state index is 10.1. The minimum atomic E-state index is -2.84. The van der Waals surface area contributed by atoms with Crippen LogP contribution >= 0.6 is 8.25 Å². The molecular formula is C6H7FeO3P. The minimum Gasteiger partial charge on any atom is -0.426 e. The molecule has 0 aliphatic carbocycles. The van der Waals surface area contributed by atoms with Crippen molar-refractivity contribution < 1.29 is 31.1 Å². The van der Waals surface area contributed by atoms with Gasteiger partial charge in [0.05, 0.1) is 0 Å². The molecule has 11 heavy (non-hydrogen) atoms. The van der Waals surface area contributed by atoms with Gasteiger partial charge >= 0.3 is 8.25 Å². The molecule has 0 radical (unpaired) electrons. The Balaban J connectivity index is 0.000001000. The van der Waals surface area contributed by atoms with E-state index in [-0.39, 0.29) is 17.1 Å². The quantitative estimate of drug-likeness (QED) is 0.598. The molecule has 1 N–H and O–H groups in total. The predicted octanol–water partition coefficient (Wildman–Crippen LogP) is 1.44. The molecule has 0 spiro atoms. The Labute approximate surface area is 75.8 Å². The minimum absolute atomic E-state index is 0. The summed E-state index contributed by atoms with van der Waals surface area (Å²) in [5.41, 5.74) is 0. The van der Waals surface area contributed by atoms with Crippen LogP contribution in [0.25, 0.3) is 0 Å². The number of rotatable bonds is 2. The third-order valence-corrected chi connectivity index (χ3v) is 1.36. The molecule has 0 fully saturated rings. The van der Waals surface area contributed by atoms with Gasteiger partial charge in [0, 0.05) is 17.1 Å². The third-order valence-electron chi connectivity index (χ3n) is 0.948. The van der Waals surface area contributed by atoms with E-state index in [0.717, 1.165) is 0 Å². The van der Waals surface area contributed by atoms with Gasteiger partial charge in [0.1, 0.15) is 5.75 Å². The van der Waals surface area contributed by atoms with Crippen LogP contribution in [0.1, 0.15) is 0 Å². The summed E-state index contributed by atoms with van der Waals surface area (Å²) in [4.78, 5) is 8.33. The first kappa shape index (κ1) is 10.7. The van der Waals surface area contributed by atoms with Crippen molar-refractivity contribution in [2.24, 2.45) is 0 Å². The molecule has 1 unspecified atom stereocenters. The van der Waals surface area contributed by atoms with E-state index in [2.05, 4.69) is 4.52 Å². The summed E-state index contributed by atoms with van der Waals surface area (Å²) in [6.07, 6.45) is 0. The second kappa shape index (κ2) is 5.39. The smallest absolute Gasteiger partial charge is 0.365 e. The van der Waals surface area contributed by atoms with E-state index in [1.807, 2.05) is 0 Å². The Morgan fingerprint density at radius 2 is 1.82 bits per heavy atom. The molecule has 0 bridgehead atoms. The van der Waals surface area contributed by atoms with Crippen LogP contribution in [-0.4, -0.2) is 4.89 Å². The van der Waals surface area contributed by atoms with Crippen molar-refractivity contribution in [2.45, 2.75) is 0 Å². The fourth-order valence-corrected chi connectivity index (χ4v) is 0.927. The van der Waals surface area contributed by atoms with Crippen molar-refractivity contribution in [1.29, 1.82) is 0 Å². The van der Waals surface area contributed by atoms with Gasteiger partial charge in [0.2, 0.25) is 0 Å². The summed E-state index contributed by atoms with van der Waals surface area (Å²) in [6.45, 7) is 0. The van der Waals surface area contributed by atoms with Gasteiger partial charge < -0.3 is 9.42 Å². The maximum Gasteiger partial charge on any atom is 0.365 e. The van der Waals surface area contributed by atoms with Gasteiger partial charge in [-0.25, -0.2) is 4.57 Å². The van der Waals surface area contributed by atoms with Crippen LogP contribution in [-0.2, 0) is 21.6 Å². The molecule has 0 aliphatic rings. The van der Waals surface area contributed by atoms with E-state index in [9.17, 15) is 4.57 Å². The zero-order valence-electron chi connectivity index (χ0n) is 5.50. The molecule has 1 atom stereocenters. The third kappa shape index (κ3) is 4.23. The van der Waals surface area contributed by atoms with Crippen LogP contribution in [0.15, 0.2) is 30.3 Å². The van der Waals surface area contributed by atoms with Gasteiger partial charge in [0.15, 0.2) is 0 Å². The molecule has 0 aromatic heterocycles. The summed E-state index contributed by atoms with van der Waals surface area (Å²) in [5, 5.41) is 0. The zero-order chi connectivity index (χ0) is 7.40. The molecular weight excluding hydrogens is 207 g/mol. The first-order chi connectivity index (χ1) is 4.79. The van der Waals surface area contributed by atoms with Crippen LogP contribution in [0.4, 0.5) is 0 Å². The van der Waals surface area contributed by atoms with Gasteiger partial charge in [-0.15, -0.1) is 0 Å². The summed E-state index contributed by atoms with van der Waals surface area (Å²) >= 11 is 0. The van der Waals surface area contributed by atoms with Crippen molar-refractivity contribution in [2.75, 3.05) is 0 Å². The van der Waals surface area contributed by atoms with Crippen molar-refractivity contribution in [3.05, 3.63) is 30.3 Å². The summed E-state index contributed by atoms with van der Waals surface area (Å²) in [6, 6.07) is 8.53. The van der Waals surface area contributed by atoms with Crippen LogP contribution < -0.4 is 4.52 Å². The normalized spacial score (nSPS) is 11.4. The molecule has 0 amide bonds. The summed E-state index contributed by atoms with van der Waals surface area (Å²) in [7, 11) is -2.84. The first-order valence-corrected chi connectivity index (χ1v) is 4.01. The van der Waals surface area contributed by atoms with E-state index < -0.39 is 8.25 Å². The fourth-order valence-electron chi connectivity index (χ4n) is 0.589. The van der Waals surface area contributed by atoms with E-state index in [1.54, 1.807) is 30.3 Å². The zero-order valence-corrected chi connectivity index (χ0v) is 7.61. The van der Waals surface area contributed by atoms with Crippen molar-refractivity contribution >= 4 is 8.25 Å². The molecule has 1 aromatic carbocycles. The van der Waals surface area contributed by atoms with Gasteiger partial charge in [-0.2, -0.15) is 0 Å². The largest absolute Gasteiger partial charge is 0.426 e.